The Labute approximate surface area is 74.3 Å². The van der Waals surface area contributed by atoms with Gasteiger partial charge in [0.2, 0.25) is 0 Å². The molecule has 0 aromatic carbocycles. The topological polar surface area (TPSA) is 17.1 Å². The second-order valence-electron chi connectivity index (χ2n) is 3.06. The molecular formula is C9H9BrO. The van der Waals surface area contributed by atoms with Gasteiger partial charge in [0, 0.05) is 23.1 Å². The minimum atomic E-state index is 0.157. The molecule has 0 aromatic rings. The van der Waals surface area contributed by atoms with Crippen molar-refractivity contribution in [1.29, 1.82) is 0 Å². The highest BCUT2D eigenvalue weighted by Crippen LogP contribution is 2.37. The summed E-state index contributed by atoms with van der Waals surface area (Å²) in [5.74, 6) is 0.939. The van der Waals surface area contributed by atoms with Gasteiger partial charge in [0.25, 0.3) is 0 Å². The van der Waals surface area contributed by atoms with Gasteiger partial charge in [-0.2, -0.15) is 0 Å². The zero-order chi connectivity index (χ0) is 7.84. The molecule has 0 heterocycles. The maximum absolute atomic E-state index is 11.3. The maximum atomic E-state index is 11.3. The summed E-state index contributed by atoms with van der Waals surface area (Å²) in [6, 6.07) is 0. The van der Waals surface area contributed by atoms with Gasteiger partial charge in [-0.25, -0.2) is 0 Å². The van der Waals surface area contributed by atoms with E-state index in [1.165, 1.54) is 0 Å². The van der Waals surface area contributed by atoms with Gasteiger partial charge >= 0.3 is 0 Å². The number of alkyl halides is 1. The fourth-order valence-electron chi connectivity index (χ4n) is 1.76. The van der Waals surface area contributed by atoms with Crippen molar-refractivity contribution in [2.45, 2.75) is 11.2 Å². The summed E-state index contributed by atoms with van der Waals surface area (Å²) in [6.45, 7) is 0. The van der Waals surface area contributed by atoms with E-state index in [0.717, 1.165) is 0 Å². The van der Waals surface area contributed by atoms with Crippen molar-refractivity contribution in [2.75, 3.05) is 0 Å². The van der Waals surface area contributed by atoms with Crippen LogP contribution in [-0.4, -0.2) is 10.6 Å². The third-order valence-electron chi connectivity index (χ3n) is 2.36. The fraction of sp³-hybridized carbons (Fsp3) is 0.444. The number of ketones is 1. The third-order valence-corrected chi connectivity index (χ3v) is 3.30. The van der Waals surface area contributed by atoms with Crippen molar-refractivity contribution in [3.8, 4) is 0 Å². The van der Waals surface area contributed by atoms with E-state index in [9.17, 15) is 4.79 Å². The molecule has 0 N–H and O–H groups in total. The molecule has 3 unspecified atom stereocenters. The molecule has 2 aliphatic carbocycles. The molecule has 0 aromatic heterocycles. The average Bonchev–Trinajstić information content (AvgIpc) is 2.30. The Balaban J connectivity index is 2.29. The van der Waals surface area contributed by atoms with Crippen LogP contribution in [0.3, 0.4) is 0 Å². The molecule has 0 radical (unpaired) electrons. The van der Waals surface area contributed by atoms with Crippen molar-refractivity contribution in [3.05, 3.63) is 24.3 Å². The number of rotatable bonds is 0. The molecule has 58 valence electrons. The van der Waals surface area contributed by atoms with Crippen molar-refractivity contribution in [3.63, 3.8) is 0 Å². The quantitative estimate of drug-likeness (QED) is 0.563. The molecule has 0 aliphatic heterocycles. The second-order valence-corrected chi connectivity index (χ2v) is 4.24. The molecule has 0 spiro atoms. The van der Waals surface area contributed by atoms with E-state index in [-0.39, 0.29) is 5.92 Å². The lowest BCUT2D eigenvalue weighted by atomic mass is 9.91. The smallest absolute Gasteiger partial charge is 0.141 e. The Morgan fingerprint density at radius 3 is 2.82 bits per heavy atom. The number of hydrogen-bond donors (Lipinski definition) is 0. The van der Waals surface area contributed by atoms with Crippen LogP contribution in [0.5, 0.6) is 0 Å². The first-order chi connectivity index (χ1) is 5.29. The molecule has 3 atom stereocenters. The zero-order valence-electron chi connectivity index (χ0n) is 6.03. The number of carbonyl (C=O) groups excluding carboxylic acids is 1. The lowest BCUT2D eigenvalue weighted by Gasteiger charge is -2.15. The van der Waals surface area contributed by atoms with Crippen LogP contribution in [0.2, 0.25) is 0 Å². The number of fused-ring (bicyclic) bond motifs is 1. The number of carbonyl (C=O) groups is 1. The van der Waals surface area contributed by atoms with E-state index >= 15 is 0 Å². The Kier molecular flexibility index (Phi) is 1.72. The highest BCUT2D eigenvalue weighted by atomic mass is 79.9. The summed E-state index contributed by atoms with van der Waals surface area (Å²) < 4.78 is 0. The van der Waals surface area contributed by atoms with Gasteiger partial charge in [-0.15, -0.1) is 0 Å². The SMILES string of the molecule is O=C1CC(Br)C2C=CC=CC12. The average molecular weight is 213 g/mol. The van der Waals surface area contributed by atoms with Crippen LogP contribution in [0.4, 0.5) is 0 Å². The molecular weight excluding hydrogens is 204 g/mol. The normalized spacial score (nSPS) is 41.2. The highest BCUT2D eigenvalue weighted by Gasteiger charge is 2.38. The molecule has 2 rings (SSSR count). The Hall–Kier alpha value is -0.370. The third kappa shape index (κ3) is 1.09. The molecule has 0 amide bonds. The Morgan fingerprint density at radius 2 is 2.09 bits per heavy atom. The van der Waals surface area contributed by atoms with E-state index < -0.39 is 0 Å². The molecule has 1 nitrogen and oxygen atoms in total. The summed E-state index contributed by atoms with van der Waals surface area (Å²) in [7, 11) is 0. The van der Waals surface area contributed by atoms with Crippen LogP contribution in [0, 0.1) is 11.8 Å². The highest BCUT2D eigenvalue weighted by molar-refractivity contribution is 9.09. The number of allylic oxidation sites excluding steroid dienone is 4. The molecule has 1 fully saturated rings. The number of hydrogen-bond acceptors (Lipinski definition) is 1. The first-order valence-corrected chi connectivity index (χ1v) is 4.72. The monoisotopic (exact) mass is 212 g/mol. The minimum absolute atomic E-state index is 0.157. The number of halogens is 1. The van der Waals surface area contributed by atoms with Crippen LogP contribution in [-0.2, 0) is 4.79 Å². The molecule has 2 aliphatic rings. The van der Waals surface area contributed by atoms with Crippen molar-refractivity contribution >= 4 is 21.7 Å². The lowest BCUT2D eigenvalue weighted by molar-refractivity contribution is -0.119. The van der Waals surface area contributed by atoms with Gasteiger partial charge in [-0.1, -0.05) is 40.2 Å². The predicted octanol–water partition coefficient (Wildman–Crippen LogP) is 2.08. The van der Waals surface area contributed by atoms with E-state index in [1.807, 2.05) is 18.2 Å². The van der Waals surface area contributed by atoms with Crippen molar-refractivity contribution in [2.24, 2.45) is 11.8 Å². The Bertz CT molecular complexity index is 242. The van der Waals surface area contributed by atoms with Crippen LogP contribution in [0.1, 0.15) is 6.42 Å². The van der Waals surface area contributed by atoms with Gasteiger partial charge in [0.05, 0.1) is 0 Å². The molecule has 2 heteroatoms. The van der Waals surface area contributed by atoms with Gasteiger partial charge < -0.3 is 0 Å². The van der Waals surface area contributed by atoms with Crippen LogP contribution < -0.4 is 0 Å². The van der Waals surface area contributed by atoms with E-state index in [2.05, 4.69) is 22.0 Å². The molecule has 11 heavy (non-hydrogen) atoms. The zero-order valence-corrected chi connectivity index (χ0v) is 7.62. The summed E-state index contributed by atoms with van der Waals surface area (Å²) in [6.07, 6.45) is 8.80. The standard InChI is InChI=1S/C9H9BrO/c10-8-5-9(11)7-4-2-1-3-6(7)8/h1-4,6-8H,5H2. The summed E-state index contributed by atoms with van der Waals surface area (Å²) in [4.78, 5) is 11.7. The van der Waals surface area contributed by atoms with E-state index in [1.54, 1.807) is 0 Å². The van der Waals surface area contributed by atoms with Crippen LogP contribution >= 0.6 is 15.9 Å². The van der Waals surface area contributed by atoms with Crippen LogP contribution in [0.15, 0.2) is 24.3 Å². The van der Waals surface area contributed by atoms with Gasteiger partial charge in [-0.3, -0.25) is 4.79 Å². The maximum Gasteiger partial charge on any atom is 0.141 e. The van der Waals surface area contributed by atoms with Gasteiger partial charge in [-0.05, 0) is 0 Å². The number of Topliss-reactive ketones (excluding diaryl/α,β-unsaturated/α-hetero) is 1. The molecule has 1 saturated carbocycles. The summed E-state index contributed by atoms with van der Waals surface area (Å²) >= 11 is 3.51. The molecule has 0 saturated heterocycles. The molecule has 0 bridgehead atoms. The van der Waals surface area contributed by atoms with Gasteiger partial charge in [0.15, 0.2) is 0 Å². The summed E-state index contributed by atoms with van der Waals surface area (Å²) in [5.41, 5.74) is 0. The first-order valence-electron chi connectivity index (χ1n) is 3.81. The second kappa shape index (κ2) is 2.59. The lowest BCUT2D eigenvalue weighted by Crippen LogP contribution is -2.14. The Morgan fingerprint density at radius 1 is 1.36 bits per heavy atom. The largest absolute Gasteiger partial charge is 0.299 e. The minimum Gasteiger partial charge on any atom is -0.299 e. The predicted molar refractivity (Wildman–Crippen MR) is 47.6 cm³/mol. The first kappa shape index (κ1) is 7.29. The van der Waals surface area contributed by atoms with Gasteiger partial charge in [0.1, 0.15) is 5.78 Å². The summed E-state index contributed by atoms with van der Waals surface area (Å²) in [5, 5.41) is 0. The van der Waals surface area contributed by atoms with E-state index in [0.29, 0.717) is 22.9 Å². The van der Waals surface area contributed by atoms with E-state index in [4.69, 9.17) is 0 Å². The van der Waals surface area contributed by atoms with Crippen molar-refractivity contribution in [1.82, 2.24) is 0 Å². The van der Waals surface area contributed by atoms with Crippen LogP contribution in [0.25, 0.3) is 0 Å². The fourth-order valence-corrected chi connectivity index (χ4v) is 2.58. The van der Waals surface area contributed by atoms with Crippen molar-refractivity contribution < 1.29 is 4.79 Å².